The van der Waals surface area contributed by atoms with Crippen molar-refractivity contribution in [2.45, 2.75) is 5.75 Å². The zero-order valence-corrected chi connectivity index (χ0v) is 8.85. The van der Waals surface area contributed by atoms with Crippen LogP contribution in [0.1, 0.15) is 4.88 Å². The lowest BCUT2D eigenvalue weighted by Crippen LogP contribution is -2.10. The smallest absolute Gasteiger partial charge is 0.0931 e. The van der Waals surface area contributed by atoms with Gasteiger partial charge in [-0.25, -0.2) is 0 Å². The van der Waals surface area contributed by atoms with Crippen molar-refractivity contribution in [3.05, 3.63) is 21.3 Å². The second-order valence-electron chi connectivity index (χ2n) is 2.28. The van der Waals surface area contributed by atoms with E-state index in [1.807, 2.05) is 12.1 Å². The molecular weight excluding hydrogens is 214 g/mol. The summed E-state index contributed by atoms with van der Waals surface area (Å²) in [5.74, 6) is 1.14. The molecule has 0 aliphatic heterocycles. The maximum atomic E-state index is 11.2. The Balaban J connectivity index is 2.46. The molecule has 0 aromatic carbocycles. The molecule has 0 radical (unpaired) electrons. The first-order valence-electron chi connectivity index (χ1n) is 3.51. The summed E-state index contributed by atoms with van der Waals surface area (Å²) in [6.45, 7) is 0.478. The molecule has 12 heavy (non-hydrogen) atoms. The summed E-state index contributed by atoms with van der Waals surface area (Å²) in [5.41, 5.74) is 5.27. The van der Waals surface area contributed by atoms with Crippen molar-refractivity contribution in [3.8, 4) is 0 Å². The molecule has 0 spiro atoms. The largest absolute Gasteiger partial charge is 0.330 e. The Bertz CT molecular complexity index is 274. The van der Waals surface area contributed by atoms with Gasteiger partial charge in [0.2, 0.25) is 0 Å². The van der Waals surface area contributed by atoms with E-state index in [9.17, 15) is 4.21 Å². The van der Waals surface area contributed by atoms with Crippen LogP contribution in [0.4, 0.5) is 0 Å². The Hall–Kier alpha value is 0.1000. The van der Waals surface area contributed by atoms with E-state index in [1.54, 1.807) is 0 Å². The summed E-state index contributed by atoms with van der Waals surface area (Å²) in [7, 11) is -0.831. The fraction of sp³-hybridized carbons (Fsp3) is 0.429. The van der Waals surface area contributed by atoms with Crippen molar-refractivity contribution in [2.75, 3.05) is 12.3 Å². The lowest BCUT2D eigenvalue weighted by Gasteiger charge is -1.95. The molecule has 1 unspecified atom stereocenters. The van der Waals surface area contributed by atoms with Gasteiger partial charge in [0, 0.05) is 28.0 Å². The Morgan fingerprint density at radius 1 is 1.58 bits per heavy atom. The standard InChI is InChI=1S/C7H10ClNOS2/c8-7-2-1-6(11-7)5-12(10)4-3-9/h1-2H,3-5,9H2. The molecule has 0 saturated carbocycles. The average Bonchev–Trinajstić information content (AvgIpc) is 2.36. The first-order valence-corrected chi connectivity index (χ1v) is 6.20. The van der Waals surface area contributed by atoms with Gasteiger partial charge >= 0.3 is 0 Å². The van der Waals surface area contributed by atoms with Gasteiger partial charge in [0.05, 0.1) is 10.1 Å². The molecular formula is C7H10ClNOS2. The number of hydrogen-bond donors (Lipinski definition) is 1. The molecule has 0 fully saturated rings. The number of halogens is 1. The van der Waals surface area contributed by atoms with Gasteiger partial charge in [-0.15, -0.1) is 11.3 Å². The number of rotatable bonds is 4. The number of nitrogens with two attached hydrogens (primary N) is 1. The van der Waals surface area contributed by atoms with E-state index in [2.05, 4.69) is 0 Å². The molecule has 0 aliphatic carbocycles. The molecule has 5 heteroatoms. The Morgan fingerprint density at radius 2 is 2.33 bits per heavy atom. The van der Waals surface area contributed by atoms with Crippen molar-refractivity contribution in [1.82, 2.24) is 0 Å². The van der Waals surface area contributed by atoms with Crippen LogP contribution < -0.4 is 5.73 Å². The van der Waals surface area contributed by atoms with Gasteiger partial charge in [-0.2, -0.15) is 0 Å². The first-order chi connectivity index (χ1) is 5.72. The van der Waals surface area contributed by atoms with Crippen LogP contribution in [-0.4, -0.2) is 16.5 Å². The van der Waals surface area contributed by atoms with Crippen LogP contribution in [0.25, 0.3) is 0 Å². The van der Waals surface area contributed by atoms with Crippen LogP contribution in [0.3, 0.4) is 0 Å². The fourth-order valence-electron chi connectivity index (χ4n) is 0.792. The molecule has 0 saturated heterocycles. The van der Waals surface area contributed by atoms with Crippen LogP contribution in [0.2, 0.25) is 4.34 Å². The molecule has 2 nitrogen and oxygen atoms in total. The summed E-state index contributed by atoms with van der Waals surface area (Å²) in [4.78, 5) is 1.06. The minimum absolute atomic E-state index is 0.478. The van der Waals surface area contributed by atoms with Crippen molar-refractivity contribution < 1.29 is 4.21 Å². The average molecular weight is 224 g/mol. The van der Waals surface area contributed by atoms with Gasteiger partial charge in [-0.1, -0.05) is 11.6 Å². The predicted molar refractivity (Wildman–Crippen MR) is 55.1 cm³/mol. The zero-order chi connectivity index (χ0) is 8.97. The highest BCUT2D eigenvalue weighted by Gasteiger charge is 2.02. The van der Waals surface area contributed by atoms with E-state index in [-0.39, 0.29) is 0 Å². The van der Waals surface area contributed by atoms with E-state index in [4.69, 9.17) is 17.3 Å². The van der Waals surface area contributed by atoms with Gasteiger partial charge < -0.3 is 5.73 Å². The highest BCUT2D eigenvalue weighted by atomic mass is 35.5. The van der Waals surface area contributed by atoms with E-state index in [0.29, 0.717) is 18.1 Å². The summed E-state index contributed by atoms with van der Waals surface area (Å²) in [6.07, 6.45) is 0. The lowest BCUT2D eigenvalue weighted by atomic mass is 10.5. The molecule has 0 aliphatic rings. The third-order valence-electron chi connectivity index (χ3n) is 1.28. The maximum Gasteiger partial charge on any atom is 0.0931 e. The predicted octanol–water partition coefficient (Wildman–Crippen LogP) is 1.61. The zero-order valence-electron chi connectivity index (χ0n) is 6.46. The lowest BCUT2D eigenvalue weighted by molar-refractivity contribution is 0.682. The van der Waals surface area contributed by atoms with Crippen LogP contribution in [0.15, 0.2) is 12.1 Å². The third-order valence-corrected chi connectivity index (χ3v) is 4.02. The van der Waals surface area contributed by atoms with Crippen molar-refractivity contribution in [1.29, 1.82) is 0 Å². The first kappa shape index (κ1) is 10.2. The van der Waals surface area contributed by atoms with Gasteiger partial charge in [0.15, 0.2) is 0 Å². The molecule has 1 aromatic heterocycles. The quantitative estimate of drug-likeness (QED) is 0.843. The topological polar surface area (TPSA) is 43.1 Å². The number of thiophene rings is 1. The molecule has 1 aromatic rings. The van der Waals surface area contributed by atoms with Crippen LogP contribution in [0.5, 0.6) is 0 Å². The molecule has 2 N–H and O–H groups in total. The summed E-state index contributed by atoms with van der Waals surface area (Å²) >= 11 is 7.19. The third kappa shape index (κ3) is 3.23. The Labute approximate surface area is 83.2 Å². The van der Waals surface area contributed by atoms with Gasteiger partial charge in [-0.05, 0) is 12.1 Å². The Kier molecular flexibility index (Phi) is 4.21. The fourth-order valence-corrected chi connectivity index (χ4v) is 3.13. The van der Waals surface area contributed by atoms with E-state index in [0.717, 1.165) is 9.21 Å². The van der Waals surface area contributed by atoms with Crippen LogP contribution in [-0.2, 0) is 16.6 Å². The highest BCUT2D eigenvalue weighted by molar-refractivity contribution is 7.84. The molecule has 68 valence electrons. The summed E-state index contributed by atoms with van der Waals surface area (Å²) in [6, 6.07) is 3.72. The minimum Gasteiger partial charge on any atom is -0.330 e. The molecule has 1 rings (SSSR count). The maximum absolute atomic E-state index is 11.2. The highest BCUT2D eigenvalue weighted by Crippen LogP contribution is 2.22. The molecule has 1 heterocycles. The minimum atomic E-state index is -0.831. The summed E-state index contributed by atoms with van der Waals surface area (Å²) in [5, 5.41) is 0. The van der Waals surface area contributed by atoms with Crippen LogP contribution in [0, 0.1) is 0 Å². The van der Waals surface area contributed by atoms with Crippen molar-refractivity contribution >= 4 is 33.7 Å². The summed E-state index contributed by atoms with van der Waals surface area (Å²) < 4.78 is 12.0. The molecule has 1 atom stereocenters. The van der Waals surface area contributed by atoms with Gasteiger partial charge in [-0.3, -0.25) is 4.21 Å². The van der Waals surface area contributed by atoms with E-state index in [1.165, 1.54) is 11.3 Å². The van der Waals surface area contributed by atoms with Crippen molar-refractivity contribution in [3.63, 3.8) is 0 Å². The Morgan fingerprint density at radius 3 is 2.83 bits per heavy atom. The molecule has 0 amide bonds. The monoisotopic (exact) mass is 223 g/mol. The normalized spacial score (nSPS) is 13.2. The second kappa shape index (κ2) is 4.97. The second-order valence-corrected chi connectivity index (χ2v) is 5.66. The van der Waals surface area contributed by atoms with E-state index < -0.39 is 10.8 Å². The van der Waals surface area contributed by atoms with Crippen molar-refractivity contribution in [2.24, 2.45) is 5.73 Å². The molecule has 0 bridgehead atoms. The van der Waals surface area contributed by atoms with Gasteiger partial charge in [0.25, 0.3) is 0 Å². The SMILES string of the molecule is NCCS(=O)Cc1ccc(Cl)s1. The number of hydrogen-bond acceptors (Lipinski definition) is 3. The van der Waals surface area contributed by atoms with Crippen LogP contribution >= 0.6 is 22.9 Å². The van der Waals surface area contributed by atoms with E-state index >= 15 is 0 Å². The van der Waals surface area contributed by atoms with Gasteiger partial charge in [0.1, 0.15) is 0 Å².